The highest BCUT2D eigenvalue weighted by atomic mass is 16.3. The topological polar surface area (TPSA) is 73.1 Å². The number of furan rings is 1. The number of amides is 1. The van der Waals surface area contributed by atoms with Gasteiger partial charge in [0.1, 0.15) is 5.76 Å². The van der Waals surface area contributed by atoms with Crippen LogP contribution in [0.5, 0.6) is 0 Å². The molecule has 0 saturated carbocycles. The molecule has 1 aliphatic rings. The molecule has 0 radical (unpaired) electrons. The Hall–Kier alpha value is -2.80. The summed E-state index contributed by atoms with van der Waals surface area (Å²) in [7, 11) is 3.90. The van der Waals surface area contributed by atoms with Gasteiger partial charge in [0.2, 0.25) is 5.91 Å². The predicted molar refractivity (Wildman–Crippen MR) is 128 cm³/mol. The molecule has 1 saturated heterocycles. The largest absolute Gasteiger partial charge is 0.468 e. The van der Waals surface area contributed by atoms with Crippen LogP contribution in [0.1, 0.15) is 43.6 Å². The van der Waals surface area contributed by atoms with Crippen LogP contribution >= 0.6 is 0 Å². The molecule has 32 heavy (non-hydrogen) atoms. The van der Waals surface area contributed by atoms with E-state index in [2.05, 4.69) is 51.8 Å². The van der Waals surface area contributed by atoms with Gasteiger partial charge in [0.05, 0.1) is 12.8 Å². The zero-order valence-electron chi connectivity index (χ0n) is 19.8. The number of nitrogens with zero attached hydrogens (tertiary/aromatic N) is 3. The van der Waals surface area contributed by atoms with Crippen LogP contribution in [0.15, 0.2) is 52.1 Å². The molecular weight excluding hydrogens is 402 g/mol. The molecule has 1 fully saturated rings. The Morgan fingerprint density at radius 3 is 2.50 bits per heavy atom. The van der Waals surface area contributed by atoms with Gasteiger partial charge >= 0.3 is 0 Å². The van der Waals surface area contributed by atoms with Gasteiger partial charge < -0.3 is 20.0 Å². The van der Waals surface area contributed by atoms with E-state index in [-0.39, 0.29) is 11.8 Å². The summed E-state index contributed by atoms with van der Waals surface area (Å²) in [6.45, 7) is 7.85. The summed E-state index contributed by atoms with van der Waals surface area (Å²) in [5.74, 6) is 2.08. The van der Waals surface area contributed by atoms with E-state index in [0.717, 1.165) is 50.7 Å². The Bertz CT molecular complexity index is 870. The van der Waals surface area contributed by atoms with E-state index in [4.69, 9.17) is 4.42 Å². The third-order valence-corrected chi connectivity index (χ3v) is 5.88. The quantitative estimate of drug-likeness (QED) is 0.488. The Morgan fingerprint density at radius 2 is 1.88 bits per heavy atom. The normalized spacial score (nSPS) is 15.4. The second-order valence-electron chi connectivity index (χ2n) is 8.84. The van der Waals surface area contributed by atoms with Crippen LogP contribution in [0.3, 0.4) is 0 Å². The molecule has 2 heterocycles. The van der Waals surface area contributed by atoms with Gasteiger partial charge in [-0.3, -0.25) is 14.7 Å². The summed E-state index contributed by atoms with van der Waals surface area (Å²) < 4.78 is 5.47. The summed E-state index contributed by atoms with van der Waals surface area (Å²) in [5.41, 5.74) is 2.53. The van der Waals surface area contributed by atoms with Crippen LogP contribution in [0.4, 0.5) is 0 Å². The summed E-state index contributed by atoms with van der Waals surface area (Å²) in [5, 5.41) is 7.00. The zero-order valence-corrected chi connectivity index (χ0v) is 19.8. The number of nitrogens with one attached hydrogen (secondary N) is 2. The predicted octanol–water partition coefficient (Wildman–Crippen LogP) is 3.22. The van der Waals surface area contributed by atoms with Crippen molar-refractivity contribution in [3.05, 3.63) is 59.5 Å². The van der Waals surface area contributed by atoms with Crippen molar-refractivity contribution in [2.75, 3.05) is 27.2 Å². The van der Waals surface area contributed by atoms with Gasteiger partial charge in [-0.2, -0.15) is 0 Å². The van der Waals surface area contributed by atoms with Crippen LogP contribution in [-0.2, 0) is 24.4 Å². The van der Waals surface area contributed by atoms with Crippen LogP contribution in [0, 0.1) is 5.92 Å². The number of carbonyl (C=O) groups is 1. The van der Waals surface area contributed by atoms with Gasteiger partial charge in [-0.15, -0.1) is 0 Å². The lowest BCUT2D eigenvalue weighted by atomic mass is 10.0. The molecule has 0 atom stereocenters. The highest BCUT2D eigenvalue weighted by Crippen LogP contribution is 2.15. The number of carbonyl (C=O) groups excluding carboxylic acids is 1. The molecule has 1 aliphatic heterocycles. The number of rotatable bonds is 8. The molecule has 1 aromatic carbocycles. The van der Waals surface area contributed by atoms with Crippen molar-refractivity contribution < 1.29 is 9.21 Å². The second-order valence-corrected chi connectivity index (χ2v) is 8.84. The fourth-order valence-corrected chi connectivity index (χ4v) is 4.08. The molecule has 7 nitrogen and oxygen atoms in total. The molecule has 1 aromatic heterocycles. The van der Waals surface area contributed by atoms with Crippen molar-refractivity contribution in [2.45, 2.75) is 52.4 Å². The van der Waals surface area contributed by atoms with Gasteiger partial charge in [0.25, 0.3) is 0 Å². The molecule has 3 rings (SSSR count). The van der Waals surface area contributed by atoms with E-state index in [1.807, 2.05) is 30.9 Å². The van der Waals surface area contributed by atoms with Crippen LogP contribution < -0.4 is 10.6 Å². The van der Waals surface area contributed by atoms with Crippen molar-refractivity contribution in [3.8, 4) is 0 Å². The van der Waals surface area contributed by atoms with Crippen LogP contribution in [0.25, 0.3) is 0 Å². The van der Waals surface area contributed by atoms with E-state index in [1.165, 1.54) is 11.1 Å². The minimum Gasteiger partial charge on any atom is -0.468 e. The molecule has 0 bridgehead atoms. The number of likely N-dealkylation sites (tertiary alicyclic amines) is 1. The molecule has 174 valence electrons. The fraction of sp³-hybridized carbons (Fsp3) is 0.520. The van der Waals surface area contributed by atoms with E-state index in [0.29, 0.717) is 12.6 Å². The number of hydrogen-bond donors (Lipinski definition) is 2. The molecule has 0 aliphatic carbocycles. The zero-order chi connectivity index (χ0) is 22.9. The van der Waals surface area contributed by atoms with Gasteiger partial charge in [-0.25, -0.2) is 0 Å². The minimum absolute atomic E-state index is 0.0622. The van der Waals surface area contributed by atoms with Crippen molar-refractivity contribution >= 4 is 11.9 Å². The first-order chi connectivity index (χ1) is 15.5. The summed E-state index contributed by atoms with van der Waals surface area (Å²) in [4.78, 5) is 20.8. The van der Waals surface area contributed by atoms with Gasteiger partial charge in [-0.05, 0) is 43.1 Å². The summed E-state index contributed by atoms with van der Waals surface area (Å²) in [6, 6.07) is 12.7. The van der Waals surface area contributed by atoms with Crippen LogP contribution in [-0.4, -0.2) is 54.9 Å². The first kappa shape index (κ1) is 23.9. The molecule has 0 spiro atoms. The lowest BCUT2D eigenvalue weighted by Gasteiger charge is -2.34. The van der Waals surface area contributed by atoms with Crippen molar-refractivity contribution in [2.24, 2.45) is 10.9 Å². The highest BCUT2D eigenvalue weighted by Gasteiger charge is 2.24. The lowest BCUT2D eigenvalue weighted by molar-refractivity contribution is -0.135. The number of guanidine groups is 1. The Labute approximate surface area is 191 Å². The second kappa shape index (κ2) is 11.7. The molecule has 2 aromatic rings. The van der Waals surface area contributed by atoms with Crippen molar-refractivity contribution in [1.82, 2.24) is 20.4 Å². The number of hydrogen-bond acceptors (Lipinski definition) is 4. The monoisotopic (exact) mass is 439 g/mol. The minimum atomic E-state index is 0.0622. The molecular formula is C25H37N5O2. The first-order valence-corrected chi connectivity index (χ1v) is 11.5. The Kier molecular flexibility index (Phi) is 8.73. The molecule has 0 unspecified atom stereocenters. The lowest BCUT2D eigenvalue weighted by Crippen LogP contribution is -2.50. The molecule has 7 heteroatoms. The van der Waals surface area contributed by atoms with E-state index in [9.17, 15) is 4.79 Å². The molecule has 2 N–H and O–H groups in total. The summed E-state index contributed by atoms with van der Waals surface area (Å²) in [6.07, 6.45) is 3.59. The Morgan fingerprint density at radius 1 is 1.16 bits per heavy atom. The fourth-order valence-electron chi connectivity index (χ4n) is 4.08. The number of aliphatic imine (C=N–C) groups is 1. The smallest absolute Gasteiger partial charge is 0.225 e. The summed E-state index contributed by atoms with van der Waals surface area (Å²) >= 11 is 0. The average molecular weight is 440 g/mol. The third-order valence-electron chi connectivity index (χ3n) is 5.88. The average Bonchev–Trinajstić information content (AvgIpc) is 3.30. The maximum Gasteiger partial charge on any atom is 0.225 e. The maximum atomic E-state index is 12.2. The molecule has 1 amide bonds. The number of piperidine rings is 1. The van der Waals surface area contributed by atoms with Gasteiger partial charge in [0.15, 0.2) is 5.96 Å². The van der Waals surface area contributed by atoms with E-state index >= 15 is 0 Å². The van der Waals surface area contributed by atoms with E-state index in [1.54, 1.807) is 13.3 Å². The van der Waals surface area contributed by atoms with Gasteiger partial charge in [0, 0.05) is 45.2 Å². The van der Waals surface area contributed by atoms with Gasteiger partial charge in [-0.1, -0.05) is 38.1 Å². The highest BCUT2D eigenvalue weighted by molar-refractivity contribution is 5.80. The van der Waals surface area contributed by atoms with Crippen molar-refractivity contribution in [1.29, 1.82) is 0 Å². The first-order valence-electron chi connectivity index (χ1n) is 11.5. The van der Waals surface area contributed by atoms with Crippen molar-refractivity contribution in [3.63, 3.8) is 0 Å². The standard InChI is InChI=1S/C25H37N5O2/c1-19(2)24(31)30-13-11-22(12-14-30)28-25(26-3)27-16-20-8-5-6-9-21(20)17-29(4)18-23-10-7-15-32-23/h5-10,15,19,22H,11-14,16-18H2,1-4H3,(H2,26,27,28). The third kappa shape index (κ3) is 6.85. The number of benzene rings is 1. The SMILES string of the molecule is CN=C(NCc1ccccc1CN(C)Cc1ccco1)NC1CCN(C(=O)C(C)C)CC1. The maximum absolute atomic E-state index is 12.2. The van der Waals surface area contributed by atoms with Crippen LogP contribution in [0.2, 0.25) is 0 Å². The Balaban J connectivity index is 1.49. The van der Waals surface area contributed by atoms with E-state index < -0.39 is 0 Å².